The number of carbonyl (C=O) groups is 2. The van der Waals surface area contributed by atoms with Crippen molar-refractivity contribution in [1.29, 1.82) is 0 Å². The number of hydrogen-bond acceptors (Lipinski definition) is 4. The Labute approximate surface area is 154 Å². The first kappa shape index (κ1) is 17.3. The predicted molar refractivity (Wildman–Crippen MR) is 98.0 cm³/mol. The van der Waals surface area contributed by atoms with Gasteiger partial charge < -0.3 is 10.4 Å². The minimum Gasteiger partial charge on any atom is -0.506 e. The summed E-state index contributed by atoms with van der Waals surface area (Å²) >= 11 is 12.0. The van der Waals surface area contributed by atoms with E-state index >= 15 is 0 Å². The van der Waals surface area contributed by atoms with Gasteiger partial charge in [0.2, 0.25) is 0 Å². The number of nitrogens with one attached hydrogen (secondary N) is 1. The first-order valence-electron chi connectivity index (χ1n) is 7.41. The van der Waals surface area contributed by atoms with Gasteiger partial charge in [0.1, 0.15) is 16.5 Å². The van der Waals surface area contributed by atoms with E-state index in [0.717, 1.165) is 16.0 Å². The average molecular weight is 377 g/mol. The van der Waals surface area contributed by atoms with Crippen LogP contribution in [0.5, 0.6) is 5.75 Å². The van der Waals surface area contributed by atoms with Crippen molar-refractivity contribution >= 4 is 46.4 Å². The van der Waals surface area contributed by atoms with Crippen molar-refractivity contribution in [3.05, 3.63) is 63.3 Å². The highest BCUT2D eigenvalue weighted by Gasteiger charge is 2.39. The average Bonchev–Trinajstić information content (AvgIpc) is 2.77. The van der Waals surface area contributed by atoms with Gasteiger partial charge in [0.05, 0.1) is 11.4 Å². The first-order chi connectivity index (χ1) is 11.8. The number of imide groups is 1. The Kier molecular flexibility index (Phi) is 4.45. The summed E-state index contributed by atoms with van der Waals surface area (Å²) in [5, 5.41) is 12.7. The molecule has 1 aliphatic rings. The fourth-order valence-corrected chi connectivity index (χ4v) is 2.94. The number of amides is 2. The number of benzene rings is 2. The molecule has 128 valence electrons. The van der Waals surface area contributed by atoms with Crippen LogP contribution >= 0.6 is 23.2 Å². The van der Waals surface area contributed by atoms with Gasteiger partial charge in [0, 0.05) is 5.02 Å². The number of aromatic hydroxyl groups is 1. The van der Waals surface area contributed by atoms with E-state index in [2.05, 4.69) is 5.32 Å². The van der Waals surface area contributed by atoms with E-state index in [0.29, 0.717) is 10.7 Å². The van der Waals surface area contributed by atoms with Crippen molar-refractivity contribution in [1.82, 2.24) is 0 Å². The number of halogens is 2. The topological polar surface area (TPSA) is 69.6 Å². The number of nitrogens with zero attached hydrogens (tertiary/aromatic N) is 1. The van der Waals surface area contributed by atoms with Gasteiger partial charge in [0.15, 0.2) is 0 Å². The van der Waals surface area contributed by atoms with E-state index in [1.807, 2.05) is 19.9 Å². The fourth-order valence-electron chi connectivity index (χ4n) is 2.55. The summed E-state index contributed by atoms with van der Waals surface area (Å²) in [5.74, 6) is -1.33. The van der Waals surface area contributed by atoms with E-state index in [1.54, 1.807) is 12.1 Å². The lowest BCUT2D eigenvalue weighted by atomic mass is 10.1. The standard InChI is InChI=1S/C18H14Cl2N2O3/c1-9-4-3-5-13(10(9)2)22-17(24)15(20)16(18(22)25)21-12-8-11(19)6-7-14(12)23/h3-8,21,23H,1-2H3. The van der Waals surface area contributed by atoms with Gasteiger partial charge in [-0.05, 0) is 49.2 Å². The van der Waals surface area contributed by atoms with Crippen molar-refractivity contribution in [2.75, 3.05) is 10.2 Å². The third-order valence-corrected chi connectivity index (χ3v) is 4.65. The van der Waals surface area contributed by atoms with Crippen molar-refractivity contribution < 1.29 is 14.7 Å². The quantitative estimate of drug-likeness (QED) is 0.624. The second-order valence-corrected chi connectivity index (χ2v) is 6.45. The molecule has 1 heterocycles. The van der Waals surface area contributed by atoms with Gasteiger partial charge in [-0.25, -0.2) is 4.90 Å². The maximum atomic E-state index is 12.8. The predicted octanol–water partition coefficient (Wildman–Crippen LogP) is 4.10. The van der Waals surface area contributed by atoms with Gasteiger partial charge >= 0.3 is 0 Å². The summed E-state index contributed by atoms with van der Waals surface area (Å²) in [5.41, 5.74) is 2.30. The Morgan fingerprint density at radius 3 is 2.48 bits per heavy atom. The van der Waals surface area contributed by atoms with Crippen molar-refractivity contribution in [3.8, 4) is 5.75 Å². The van der Waals surface area contributed by atoms with Crippen LogP contribution in [0.15, 0.2) is 47.1 Å². The molecule has 0 unspecified atom stereocenters. The largest absolute Gasteiger partial charge is 0.506 e. The molecule has 0 saturated heterocycles. The van der Waals surface area contributed by atoms with Crippen LogP contribution in [0.3, 0.4) is 0 Å². The van der Waals surface area contributed by atoms with Gasteiger partial charge in [-0.2, -0.15) is 0 Å². The molecule has 2 amide bonds. The van der Waals surface area contributed by atoms with Gasteiger partial charge in [-0.3, -0.25) is 9.59 Å². The summed E-state index contributed by atoms with van der Waals surface area (Å²) in [6, 6.07) is 9.65. The molecular weight excluding hydrogens is 363 g/mol. The second-order valence-electron chi connectivity index (χ2n) is 5.64. The molecular formula is C18H14Cl2N2O3. The van der Waals surface area contributed by atoms with Gasteiger partial charge in [-0.15, -0.1) is 0 Å². The summed E-state index contributed by atoms with van der Waals surface area (Å²) in [4.78, 5) is 26.3. The molecule has 5 nitrogen and oxygen atoms in total. The minimum atomic E-state index is -0.621. The second kappa shape index (κ2) is 6.43. The van der Waals surface area contributed by atoms with E-state index < -0.39 is 11.8 Å². The number of anilines is 2. The van der Waals surface area contributed by atoms with E-state index in [4.69, 9.17) is 23.2 Å². The molecule has 0 bridgehead atoms. The Balaban J connectivity index is 2.00. The summed E-state index contributed by atoms with van der Waals surface area (Å²) in [7, 11) is 0. The first-order valence-corrected chi connectivity index (χ1v) is 8.17. The molecule has 0 aliphatic carbocycles. The van der Waals surface area contributed by atoms with Gasteiger partial charge in [0.25, 0.3) is 11.8 Å². The SMILES string of the molecule is Cc1cccc(N2C(=O)C(Cl)=C(Nc3cc(Cl)ccc3O)C2=O)c1C. The normalized spacial score (nSPS) is 14.5. The number of carbonyl (C=O) groups excluding carboxylic acids is 2. The number of rotatable bonds is 3. The van der Waals surface area contributed by atoms with E-state index in [-0.39, 0.29) is 22.2 Å². The van der Waals surface area contributed by atoms with Gasteiger partial charge in [-0.1, -0.05) is 35.3 Å². The zero-order chi connectivity index (χ0) is 18.3. The molecule has 3 rings (SSSR count). The fraction of sp³-hybridized carbons (Fsp3) is 0.111. The van der Waals surface area contributed by atoms with E-state index in [1.165, 1.54) is 18.2 Å². The Morgan fingerprint density at radius 1 is 1.04 bits per heavy atom. The molecule has 2 aromatic rings. The maximum absolute atomic E-state index is 12.8. The Morgan fingerprint density at radius 2 is 1.76 bits per heavy atom. The minimum absolute atomic E-state index is 0.106. The summed E-state index contributed by atoms with van der Waals surface area (Å²) in [6.07, 6.45) is 0. The van der Waals surface area contributed by atoms with Crippen molar-refractivity contribution in [3.63, 3.8) is 0 Å². The highest BCUT2D eigenvalue weighted by atomic mass is 35.5. The molecule has 0 fully saturated rings. The van der Waals surface area contributed by atoms with Crippen molar-refractivity contribution in [2.24, 2.45) is 0 Å². The molecule has 2 aromatic carbocycles. The lowest BCUT2D eigenvalue weighted by molar-refractivity contribution is -0.120. The monoisotopic (exact) mass is 376 g/mol. The lowest BCUT2D eigenvalue weighted by Gasteiger charge is -2.18. The zero-order valence-electron chi connectivity index (χ0n) is 13.4. The van der Waals surface area contributed by atoms with E-state index in [9.17, 15) is 14.7 Å². The zero-order valence-corrected chi connectivity index (χ0v) is 14.9. The van der Waals surface area contributed by atoms with Crippen LogP contribution in [-0.4, -0.2) is 16.9 Å². The van der Waals surface area contributed by atoms with Crippen LogP contribution in [0, 0.1) is 13.8 Å². The third-order valence-electron chi connectivity index (χ3n) is 4.06. The van der Waals surface area contributed by atoms with Crippen molar-refractivity contribution in [2.45, 2.75) is 13.8 Å². The third kappa shape index (κ3) is 2.97. The highest BCUT2D eigenvalue weighted by molar-refractivity contribution is 6.53. The molecule has 0 spiro atoms. The number of phenolic OH excluding ortho intramolecular Hbond substituents is 1. The molecule has 7 heteroatoms. The summed E-state index contributed by atoms with van der Waals surface area (Å²) < 4.78 is 0. The number of aryl methyl sites for hydroxylation is 1. The highest BCUT2D eigenvalue weighted by Crippen LogP contribution is 2.35. The number of hydrogen-bond donors (Lipinski definition) is 2. The Hall–Kier alpha value is -2.50. The summed E-state index contributed by atoms with van der Waals surface area (Å²) in [6.45, 7) is 3.72. The molecule has 0 saturated carbocycles. The maximum Gasteiger partial charge on any atom is 0.283 e. The van der Waals surface area contributed by atoms with Crippen LogP contribution in [0.1, 0.15) is 11.1 Å². The van der Waals surface area contributed by atoms with Crippen LogP contribution in [0.4, 0.5) is 11.4 Å². The van der Waals surface area contributed by atoms with Crippen LogP contribution < -0.4 is 10.2 Å². The van der Waals surface area contributed by atoms with Crippen LogP contribution in [0.2, 0.25) is 5.02 Å². The Bertz CT molecular complexity index is 938. The van der Waals surface area contributed by atoms with Crippen LogP contribution in [0.25, 0.3) is 0 Å². The smallest absolute Gasteiger partial charge is 0.283 e. The molecule has 2 N–H and O–H groups in total. The molecule has 25 heavy (non-hydrogen) atoms. The molecule has 0 aromatic heterocycles. The molecule has 1 aliphatic heterocycles. The lowest BCUT2D eigenvalue weighted by Crippen LogP contribution is -2.33. The van der Waals surface area contributed by atoms with Crippen LogP contribution in [-0.2, 0) is 9.59 Å². The molecule has 0 radical (unpaired) electrons. The molecule has 0 atom stereocenters. The number of phenols is 1.